The third kappa shape index (κ3) is 4.82. The molecule has 0 N–H and O–H groups in total. The zero-order valence-electron chi connectivity index (χ0n) is 17.1. The largest absolute Gasteiger partial charge is 0.573 e. The Morgan fingerprint density at radius 1 is 0.871 bits per heavy atom. The lowest BCUT2D eigenvalue weighted by Gasteiger charge is -2.11. The van der Waals surface area contributed by atoms with Crippen LogP contribution in [0.1, 0.15) is 17.0 Å². The zero-order valence-corrected chi connectivity index (χ0v) is 17.1. The molecule has 4 aromatic rings. The second-order valence-electron chi connectivity index (χ2n) is 7.25. The van der Waals surface area contributed by atoms with Crippen molar-refractivity contribution in [2.75, 3.05) is 6.61 Å². The van der Waals surface area contributed by atoms with Crippen LogP contribution in [0.3, 0.4) is 0 Å². The lowest BCUT2D eigenvalue weighted by Crippen LogP contribution is -2.16. The highest BCUT2D eigenvalue weighted by Crippen LogP contribution is 2.27. The third-order valence-electron chi connectivity index (χ3n) is 4.99. The molecule has 31 heavy (non-hydrogen) atoms. The molecule has 4 rings (SSSR count). The van der Waals surface area contributed by atoms with Gasteiger partial charge in [-0.2, -0.15) is 4.73 Å². The van der Waals surface area contributed by atoms with Crippen LogP contribution < -0.4 is 9.57 Å². The van der Waals surface area contributed by atoms with Crippen LogP contribution in [0.4, 0.5) is 13.2 Å². The van der Waals surface area contributed by atoms with Gasteiger partial charge >= 0.3 is 6.36 Å². The van der Waals surface area contributed by atoms with Crippen molar-refractivity contribution < 1.29 is 22.7 Å². The van der Waals surface area contributed by atoms with E-state index in [0.29, 0.717) is 13.0 Å². The average Bonchev–Trinajstić information content (AvgIpc) is 3.05. The molecule has 0 bridgehead atoms. The predicted octanol–water partition coefficient (Wildman–Crippen LogP) is 5.89. The van der Waals surface area contributed by atoms with Crippen LogP contribution in [-0.2, 0) is 6.42 Å². The average molecular weight is 426 g/mol. The van der Waals surface area contributed by atoms with Crippen molar-refractivity contribution in [2.24, 2.45) is 0 Å². The first-order chi connectivity index (χ1) is 14.8. The van der Waals surface area contributed by atoms with Gasteiger partial charge in [0.15, 0.2) is 0 Å². The van der Waals surface area contributed by atoms with Crippen molar-refractivity contribution in [1.29, 1.82) is 0 Å². The van der Waals surface area contributed by atoms with Crippen molar-refractivity contribution in [1.82, 2.24) is 9.71 Å². The number of halogens is 3. The van der Waals surface area contributed by atoms with E-state index >= 15 is 0 Å². The summed E-state index contributed by atoms with van der Waals surface area (Å²) < 4.78 is 42.5. The highest BCUT2D eigenvalue weighted by Gasteiger charge is 2.30. The van der Waals surface area contributed by atoms with Gasteiger partial charge in [-0.3, -0.25) is 0 Å². The van der Waals surface area contributed by atoms with Crippen molar-refractivity contribution >= 4 is 11.0 Å². The van der Waals surface area contributed by atoms with Crippen LogP contribution in [0.2, 0.25) is 0 Å². The summed E-state index contributed by atoms with van der Waals surface area (Å²) in [5, 5.41) is 0. The summed E-state index contributed by atoms with van der Waals surface area (Å²) in [7, 11) is 0. The monoisotopic (exact) mass is 426 g/mol. The Bertz CT molecular complexity index is 1180. The number of alkyl halides is 3. The Balaban J connectivity index is 1.38. The standard InChI is InChI=1S/C24H21F3N2O2/c1-16-4-3-5-22-23(16)28-17(2)29(22)30-15-14-18-6-8-19(9-7-18)20-10-12-21(13-11-20)31-24(25,26)27/h3-13H,14-15H2,1-2H3. The molecule has 1 heterocycles. The second-order valence-corrected chi connectivity index (χ2v) is 7.25. The van der Waals surface area contributed by atoms with Crippen molar-refractivity contribution in [3.05, 3.63) is 83.7 Å². The van der Waals surface area contributed by atoms with Gasteiger partial charge in [0, 0.05) is 6.42 Å². The molecule has 0 aliphatic heterocycles. The number of hydrogen-bond donors (Lipinski definition) is 0. The van der Waals surface area contributed by atoms with E-state index < -0.39 is 6.36 Å². The molecule has 0 radical (unpaired) electrons. The molecule has 0 unspecified atom stereocenters. The van der Waals surface area contributed by atoms with E-state index in [-0.39, 0.29) is 5.75 Å². The normalized spacial score (nSPS) is 11.6. The molecule has 3 aromatic carbocycles. The molecular weight excluding hydrogens is 405 g/mol. The van der Waals surface area contributed by atoms with Gasteiger partial charge in [-0.1, -0.05) is 48.5 Å². The number of ether oxygens (including phenoxy) is 1. The lowest BCUT2D eigenvalue weighted by molar-refractivity contribution is -0.274. The van der Waals surface area contributed by atoms with Crippen LogP contribution in [0.5, 0.6) is 5.75 Å². The van der Waals surface area contributed by atoms with Gasteiger partial charge in [-0.25, -0.2) is 4.98 Å². The first-order valence-corrected chi connectivity index (χ1v) is 9.83. The minimum atomic E-state index is -4.69. The fourth-order valence-electron chi connectivity index (χ4n) is 3.47. The fourth-order valence-corrected chi connectivity index (χ4v) is 3.47. The molecule has 0 spiro atoms. The zero-order chi connectivity index (χ0) is 22.0. The first kappa shape index (κ1) is 20.8. The van der Waals surface area contributed by atoms with Gasteiger partial charge in [-0.05, 0) is 54.3 Å². The highest BCUT2D eigenvalue weighted by atomic mass is 19.4. The SMILES string of the molecule is Cc1cccc2c1nc(C)n2OCCc1ccc(-c2ccc(OC(F)(F)F)cc2)cc1. The minimum Gasteiger partial charge on any atom is -0.412 e. The van der Waals surface area contributed by atoms with Crippen molar-refractivity contribution in [3.8, 4) is 16.9 Å². The Kier molecular flexibility index (Phi) is 5.59. The lowest BCUT2D eigenvalue weighted by atomic mass is 10.0. The number of fused-ring (bicyclic) bond motifs is 1. The molecule has 0 atom stereocenters. The maximum atomic E-state index is 12.3. The van der Waals surface area contributed by atoms with E-state index in [9.17, 15) is 13.2 Å². The van der Waals surface area contributed by atoms with Gasteiger partial charge in [0.2, 0.25) is 0 Å². The number of hydrogen-bond acceptors (Lipinski definition) is 3. The topological polar surface area (TPSA) is 36.3 Å². The van der Waals surface area contributed by atoms with Crippen molar-refractivity contribution in [3.63, 3.8) is 0 Å². The summed E-state index contributed by atoms with van der Waals surface area (Å²) in [6, 6.07) is 19.7. The number of aromatic nitrogens is 2. The molecule has 1 aromatic heterocycles. The molecule has 160 valence electrons. The van der Waals surface area contributed by atoms with E-state index in [4.69, 9.17) is 4.84 Å². The number of imidazole rings is 1. The first-order valence-electron chi connectivity index (χ1n) is 9.83. The van der Waals surface area contributed by atoms with Gasteiger partial charge in [0.05, 0.1) is 5.52 Å². The molecular formula is C24H21F3N2O2. The number of benzene rings is 3. The van der Waals surface area contributed by atoms with Crippen LogP contribution >= 0.6 is 0 Å². The number of rotatable bonds is 6. The molecule has 7 heteroatoms. The summed E-state index contributed by atoms with van der Waals surface area (Å²) in [4.78, 5) is 10.5. The smallest absolute Gasteiger partial charge is 0.412 e. The Morgan fingerprint density at radius 2 is 1.52 bits per heavy atom. The minimum absolute atomic E-state index is 0.234. The van der Waals surface area contributed by atoms with Crippen LogP contribution in [-0.4, -0.2) is 22.7 Å². The molecule has 4 nitrogen and oxygen atoms in total. The van der Waals surface area contributed by atoms with Crippen LogP contribution in [0.15, 0.2) is 66.7 Å². The number of aryl methyl sites for hydroxylation is 2. The maximum absolute atomic E-state index is 12.3. The van der Waals surface area contributed by atoms with Crippen molar-refractivity contribution in [2.45, 2.75) is 26.6 Å². The summed E-state index contributed by atoms with van der Waals surface area (Å²) in [5.74, 6) is 0.570. The van der Waals surface area contributed by atoms with E-state index in [0.717, 1.165) is 39.1 Å². The molecule has 0 amide bonds. The van der Waals surface area contributed by atoms with Gasteiger partial charge in [0.25, 0.3) is 0 Å². The second kappa shape index (κ2) is 8.34. The van der Waals surface area contributed by atoms with Gasteiger partial charge in [0.1, 0.15) is 23.7 Å². The Morgan fingerprint density at radius 3 is 2.16 bits per heavy atom. The molecule has 0 aliphatic rings. The molecule has 0 aliphatic carbocycles. The predicted molar refractivity (Wildman–Crippen MR) is 113 cm³/mol. The summed E-state index contributed by atoms with van der Waals surface area (Å²) in [5.41, 5.74) is 5.82. The number of nitrogens with zero attached hydrogens (tertiary/aromatic N) is 2. The number of para-hydroxylation sites is 1. The van der Waals surface area contributed by atoms with E-state index in [1.165, 1.54) is 12.1 Å². The summed E-state index contributed by atoms with van der Waals surface area (Å²) in [6.45, 7) is 4.43. The summed E-state index contributed by atoms with van der Waals surface area (Å²) in [6.07, 6.45) is -3.98. The maximum Gasteiger partial charge on any atom is 0.573 e. The molecule has 0 fully saturated rings. The van der Waals surface area contributed by atoms with E-state index in [1.54, 1.807) is 16.9 Å². The van der Waals surface area contributed by atoms with Gasteiger partial charge in [-0.15, -0.1) is 13.2 Å². The van der Waals surface area contributed by atoms with E-state index in [2.05, 4.69) is 9.72 Å². The highest BCUT2D eigenvalue weighted by molar-refractivity contribution is 5.79. The quantitative estimate of drug-likeness (QED) is 0.386. The van der Waals surface area contributed by atoms with Gasteiger partial charge < -0.3 is 9.57 Å². The van der Waals surface area contributed by atoms with E-state index in [1.807, 2.05) is 56.3 Å². The fraction of sp³-hybridized carbons (Fsp3) is 0.208. The van der Waals surface area contributed by atoms with Crippen LogP contribution in [0.25, 0.3) is 22.2 Å². The van der Waals surface area contributed by atoms with Crippen LogP contribution in [0, 0.1) is 13.8 Å². The molecule has 0 saturated carbocycles. The Labute approximate surface area is 177 Å². The third-order valence-corrected chi connectivity index (χ3v) is 4.99. The Hall–Kier alpha value is -3.48. The molecule has 0 saturated heterocycles. The summed E-state index contributed by atoms with van der Waals surface area (Å²) >= 11 is 0.